The normalized spacial score (nSPS) is 20.8. The number of carbonyl (C=O) groups is 1. The quantitative estimate of drug-likeness (QED) is 0.701. The van der Waals surface area contributed by atoms with Crippen molar-refractivity contribution < 1.29 is 9.90 Å². The predicted octanol–water partition coefficient (Wildman–Crippen LogP) is -0.0282. The zero-order valence-corrected chi connectivity index (χ0v) is 8.85. The van der Waals surface area contributed by atoms with Gasteiger partial charge < -0.3 is 15.0 Å². The predicted molar refractivity (Wildman–Crippen MR) is 58.2 cm³/mol. The van der Waals surface area contributed by atoms with Gasteiger partial charge in [-0.2, -0.15) is 0 Å². The van der Waals surface area contributed by atoms with Crippen LogP contribution >= 0.6 is 0 Å². The number of carbonyl (C=O) groups excluding carboxylic acids is 1. The Bertz CT molecular complexity index is 421. The Morgan fingerprint density at radius 2 is 2.31 bits per heavy atom. The molecule has 0 saturated carbocycles. The van der Waals surface area contributed by atoms with E-state index in [2.05, 4.69) is 4.98 Å². The van der Waals surface area contributed by atoms with Crippen molar-refractivity contribution in [3.63, 3.8) is 0 Å². The summed E-state index contributed by atoms with van der Waals surface area (Å²) >= 11 is 0. The highest BCUT2D eigenvalue weighted by Crippen LogP contribution is 2.12. The Morgan fingerprint density at radius 3 is 2.94 bits per heavy atom. The molecule has 1 unspecified atom stereocenters. The molecule has 1 amide bonds. The van der Waals surface area contributed by atoms with E-state index in [0.29, 0.717) is 18.7 Å². The number of rotatable bonds is 1. The summed E-state index contributed by atoms with van der Waals surface area (Å²) in [6, 6.07) is 2.83. The fraction of sp³-hybridized carbons (Fsp3) is 0.455. The molecule has 2 heterocycles. The summed E-state index contributed by atoms with van der Waals surface area (Å²) in [4.78, 5) is 26.9. The fourth-order valence-electron chi connectivity index (χ4n) is 1.87. The summed E-state index contributed by atoms with van der Waals surface area (Å²) in [6.45, 7) is 1.03. The van der Waals surface area contributed by atoms with Crippen molar-refractivity contribution in [2.24, 2.45) is 0 Å². The van der Waals surface area contributed by atoms with Crippen LogP contribution in [0.4, 0.5) is 0 Å². The summed E-state index contributed by atoms with van der Waals surface area (Å²) in [5.41, 5.74) is 0.226. The van der Waals surface area contributed by atoms with Crippen molar-refractivity contribution in [2.75, 3.05) is 13.1 Å². The third-order valence-corrected chi connectivity index (χ3v) is 2.71. The van der Waals surface area contributed by atoms with Gasteiger partial charge in [0.05, 0.1) is 11.7 Å². The maximum Gasteiger partial charge on any atom is 0.255 e. The van der Waals surface area contributed by atoms with Crippen LogP contribution in [0.15, 0.2) is 23.1 Å². The molecule has 0 radical (unpaired) electrons. The van der Waals surface area contributed by atoms with Gasteiger partial charge >= 0.3 is 0 Å². The van der Waals surface area contributed by atoms with Crippen molar-refractivity contribution >= 4 is 5.91 Å². The zero-order chi connectivity index (χ0) is 11.5. The number of aliphatic hydroxyl groups is 1. The van der Waals surface area contributed by atoms with Crippen LogP contribution in [-0.4, -0.2) is 40.1 Å². The average Bonchev–Trinajstić information content (AvgIpc) is 2.29. The molecule has 2 rings (SSSR count). The minimum atomic E-state index is -0.430. The molecular weight excluding hydrogens is 208 g/mol. The average molecular weight is 222 g/mol. The number of aliphatic hydroxyl groups excluding tert-OH is 1. The van der Waals surface area contributed by atoms with Crippen LogP contribution in [-0.2, 0) is 0 Å². The van der Waals surface area contributed by atoms with Gasteiger partial charge in [0.15, 0.2) is 0 Å². The maximum atomic E-state index is 11.9. The van der Waals surface area contributed by atoms with Crippen molar-refractivity contribution in [3.05, 3.63) is 34.2 Å². The standard InChI is InChI=1S/C11H14N2O3/c14-9-2-1-5-13(7-9)11(16)8-3-4-10(15)12-6-8/h3-4,6,9,14H,1-2,5,7H2,(H,12,15). The number of aromatic nitrogens is 1. The largest absolute Gasteiger partial charge is 0.391 e. The highest BCUT2D eigenvalue weighted by Gasteiger charge is 2.22. The Balaban J connectivity index is 2.12. The molecule has 5 nitrogen and oxygen atoms in total. The third-order valence-electron chi connectivity index (χ3n) is 2.71. The number of nitrogens with zero attached hydrogens (tertiary/aromatic N) is 1. The van der Waals surface area contributed by atoms with E-state index in [0.717, 1.165) is 12.8 Å². The van der Waals surface area contributed by atoms with Crippen molar-refractivity contribution in [2.45, 2.75) is 18.9 Å². The van der Waals surface area contributed by atoms with Crippen LogP contribution in [0.5, 0.6) is 0 Å². The number of β-amino-alcohol motifs (C(OH)–C–C–N with tert-alkyl or cyclic N) is 1. The van der Waals surface area contributed by atoms with E-state index in [1.54, 1.807) is 4.90 Å². The van der Waals surface area contributed by atoms with Crippen LogP contribution in [0.1, 0.15) is 23.2 Å². The molecule has 86 valence electrons. The van der Waals surface area contributed by atoms with Gasteiger partial charge in [0.1, 0.15) is 0 Å². The Labute approximate surface area is 92.7 Å². The fourth-order valence-corrected chi connectivity index (χ4v) is 1.87. The Hall–Kier alpha value is -1.62. The summed E-state index contributed by atoms with van der Waals surface area (Å²) in [5, 5.41) is 9.47. The van der Waals surface area contributed by atoms with Crippen LogP contribution < -0.4 is 5.56 Å². The SMILES string of the molecule is O=C(c1ccc(=O)[nH]c1)N1CCCC(O)C1. The first-order valence-corrected chi connectivity index (χ1v) is 5.33. The molecular formula is C11H14N2O3. The van der Waals surface area contributed by atoms with Gasteiger partial charge in [-0.25, -0.2) is 0 Å². The summed E-state index contributed by atoms with van der Waals surface area (Å²) < 4.78 is 0. The Morgan fingerprint density at radius 1 is 1.50 bits per heavy atom. The summed E-state index contributed by atoms with van der Waals surface area (Å²) in [6.07, 6.45) is 2.54. The lowest BCUT2D eigenvalue weighted by molar-refractivity contribution is 0.0473. The lowest BCUT2D eigenvalue weighted by atomic mass is 10.1. The van der Waals surface area contributed by atoms with Crippen LogP contribution in [0, 0.1) is 0 Å². The molecule has 0 spiro atoms. The van der Waals surface area contributed by atoms with E-state index >= 15 is 0 Å². The maximum absolute atomic E-state index is 11.9. The molecule has 5 heteroatoms. The zero-order valence-electron chi connectivity index (χ0n) is 8.85. The highest BCUT2D eigenvalue weighted by atomic mass is 16.3. The number of likely N-dealkylation sites (tertiary alicyclic amines) is 1. The summed E-state index contributed by atoms with van der Waals surface area (Å²) in [5.74, 6) is -0.144. The topological polar surface area (TPSA) is 73.4 Å². The molecule has 16 heavy (non-hydrogen) atoms. The van der Waals surface area contributed by atoms with Crippen molar-refractivity contribution in [1.29, 1.82) is 0 Å². The van der Waals surface area contributed by atoms with Crippen LogP contribution in [0.25, 0.3) is 0 Å². The van der Waals surface area contributed by atoms with Gasteiger partial charge in [-0.15, -0.1) is 0 Å². The van der Waals surface area contributed by atoms with Gasteiger partial charge in [-0.1, -0.05) is 0 Å². The first kappa shape index (κ1) is 10.9. The van der Waals surface area contributed by atoms with Gasteiger partial charge in [-0.3, -0.25) is 9.59 Å². The van der Waals surface area contributed by atoms with E-state index in [1.165, 1.54) is 18.3 Å². The molecule has 2 N–H and O–H groups in total. The van der Waals surface area contributed by atoms with E-state index < -0.39 is 6.10 Å². The van der Waals surface area contributed by atoms with Crippen molar-refractivity contribution in [1.82, 2.24) is 9.88 Å². The number of aromatic amines is 1. The third kappa shape index (κ3) is 2.30. The van der Waals surface area contributed by atoms with Crippen LogP contribution in [0.3, 0.4) is 0 Å². The molecule has 0 aliphatic carbocycles. The van der Waals surface area contributed by atoms with Crippen LogP contribution in [0.2, 0.25) is 0 Å². The van der Waals surface area contributed by atoms with Gasteiger partial charge in [0.25, 0.3) is 5.91 Å². The van der Waals surface area contributed by atoms with Gasteiger partial charge in [-0.05, 0) is 18.9 Å². The van der Waals surface area contributed by atoms with E-state index in [1.807, 2.05) is 0 Å². The molecule has 1 aromatic heterocycles. The first-order valence-electron chi connectivity index (χ1n) is 5.33. The van der Waals surface area contributed by atoms with Crippen molar-refractivity contribution in [3.8, 4) is 0 Å². The van der Waals surface area contributed by atoms with E-state index in [4.69, 9.17) is 0 Å². The number of amides is 1. The second-order valence-electron chi connectivity index (χ2n) is 3.99. The van der Waals surface area contributed by atoms with Gasteiger partial charge in [0.2, 0.25) is 5.56 Å². The highest BCUT2D eigenvalue weighted by molar-refractivity contribution is 5.93. The van der Waals surface area contributed by atoms with E-state index in [-0.39, 0.29) is 11.5 Å². The number of pyridine rings is 1. The molecule has 1 atom stereocenters. The number of hydrogen-bond acceptors (Lipinski definition) is 3. The van der Waals surface area contributed by atoms with Gasteiger partial charge in [0, 0.05) is 25.4 Å². The number of H-pyrrole nitrogens is 1. The molecule has 1 aliphatic rings. The summed E-state index contributed by atoms with van der Waals surface area (Å²) in [7, 11) is 0. The smallest absolute Gasteiger partial charge is 0.255 e. The Kier molecular flexibility index (Phi) is 3.05. The monoisotopic (exact) mass is 222 g/mol. The molecule has 1 aliphatic heterocycles. The molecule has 1 aromatic rings. The lowest BCUT2D eigenvalue weighted by Crippen LogP contribution is -2.42. The second kappa shape index (κ2) is 4.49. The number of hydrogen-bond donors (Lipinski definition) is 2. The molecule has 1 saturated heterocycles. The number of piperidine rings is 1. The minimum Gasteiger partial charge on any atom is -0.391 e. The lowest BCUT2D eigenvalue weighted by Gasteiger charge is -2.30. The van der Waals surface area contributed by atoms with E-state index in [9.17, 15) is 14.7 Å². The number of nitrogens with one attached hydrogen (secondary N) is 1. The first-order chi connectivity index (χ1) is 7.66. The minimum absolute atomic E-state index is 0.144. The molecule has 0 bridgehead atoms. The second-order valence-corrected chi connectivity index (χ2v) is 3.99. The molecule has 1 fully saturated rings. The molecule has 0 aromatic carbocycles.